The number of hydrogen-bond acceptors (Lipinski definition) is 8. The summed E-state index contributed by atoms with van der Waals surface area (Å²) in [6.45, 7) is 1.74. The number of hydrogen-bond donors (Lipinski definition) is 3. The molecule has 1 atom stereocenters. The predicted octanol–water partition coefficient (Wildman–Crippen LogP) is -0.157. The molecule has 1 unspecified atom stereocenters. The Morgan fingerprint density at radius 1 is 1.52 bits per heavy atom. The van der Waals surface area contributed by atoms with Crippen molar-refractivity contribution in [2.24, 2.45) is 5.84 Å². The summed E-state index contributed by atoms with van der Waals surface area (Å²) in [5, 5.41) is 2.79. The molecule has 9 heteroatoms. The first kappa shape index (κ1) is 15.3. The van der Waals surface area contributed by atoms with Crippen LogP contribution in [0.1, 0.15) is 12.2 Å². The maximum absolute atomic E-state index is 11.2. The summed E-state index contributed by atoms with van der Waals surface area (Å²) in [4.78, 5) is 21.9. The number of ether oxygens (including phenoxy) is 2. The second kappa shape index (κ2) is 7.04. The van der Waals surface area contributed by atoms with E-state index in [4.69, 9.17) is 10.6 Å². The minimum atomic E-state index is -0.422. The monoisotopic (exact) mass is 296 g/mol. The molecule has 9 nitrogen and oxygen atoms in total. The number of aromatic nitrogens is 2. The maximum Gasteiger partial charge on any atom is 0.407 e. The quantitative estimate of drug-likeness (QED) is 0.507. The average molecular weight is 296 g/mol. The van der Waals surface area contributed by atoms with E-state index in [2.05, 4.69) is 30.3 Å². The van der Waals surface area contributed by atoms with Crippen molar-refractivity contribution >= 4 is 17.7 Å². The van der Waals surface area contributed by atoms with Crippen LogP contribution in [0.15, 0.2) is 6.07 Å². The van der Waals surface area contributed by atoms with Gasteiger partial charge in [0, 0.05) is 26.3 Å². The van der Waals surface area contributed by atoms with Crippen molar-refractivity contribution in [3.63, 3.8) is 0 Å². The van der Waals surface area contributed by atoms with Crippen molar-refractivity contribution < 1.29 is 14.3 Å². The van der Waals surface area contributed by atoms with Gasteiger partial charge in [-0.05, 0) is 6.42 Å². The van der Waals surface area contributed by atoms with Crippen molar-refractivity contribution in [2.45, 2.75) is 19.1 Å². The van der Waals surface area contributed by atoms with Gasteiger partial charge in [0.2, 0.25) is 0 Å². The fourth-order valence-corrected chi connectivity index (χ4v) is 2.22. The Morgan fingerprint density at radius 3 is 3.00 bits per heavy atom. The molecule has 21 heavy (non-hydrogen) atoms. The topological polar surface area (TPSA) is 115 Å². The lowest BCUT2D eigenvalue weighted by molar-refractivity contribution is 0.167. The van der Waals surface area contributed by atoms with Gasteiger partial charge in [-0.25, -0.2) is 20.6 Å². The first-order valence-corrected chi connectivity index (χ1v) is 6.59. The number of rotatable bonds is 5. The Hall–Kier alpha value is -2.13. The number of nitrogen functional groups attached to an aromatic ring is 1. The van der Waals surface area contributed by atoms with Crippen molar-refractivity contribution in [1.82, 2.24) is 15.3 Å². The van der Waals surface area contributed by atoms with E-state index in [0.717, 1.165) is 18.8 Å². The zero-order valence-electron chi connectivity index (χ0n) is 12.1. The molecule has 1 aliphatic heterocycles. The average Bonchev–Trinajstić information content (AvgIpc) is 2.95. The molecule has 2 heterocycles. The summed E-state index contributed by atoms with van der Waals surface area (Å²) in [6.07, 6.45) is 0.401. The predicted molar refractivity (Wildman–Crippen MR) is 76.7 cm³/mol. The summed E-state index contributed by atoms with van der Waals surface area (Å²) in [5.74, 6) is 7.24. The highest BCUT2D eigenvalue weighted by Gasteiger charge is 2.25. The number of methoxy groups -OCH3 is 2. The zero-order chi connectivity index (χ0) is 15.2. The number of carbonyl (C=O) groups excluding carboxylic acids is 1. The number of alkyl carbamates (subject to hydrolysis) is 1. The normalized spacial score (nSPS) is 17.7. The van der Waals surface area contributed by atoms with Crippen molar-refractivity contribution in [2.75, 3.05) is 37.6 Å². The van der Waals surface area contributed by atoms with E-state index in [1.54, 1.807) is 13.2 Å². The SMILES string of the molecule is COCc1nc(NN)cc(N2CCC(NC(=O)OC)C2)n1. The van der Waals surface area contributed by atoms with E-state index in [1.807, 2.05) is 0 Å². The molecule has 1 aliphatic rings. The van der Waals surface area contributed by atoms with Gasteiger partial charge in [-0.1, -0.05) is 0 Å². The molecule has 0 bridgehead atoms. The number of anilines is 2. The standard InChI is InChI=1S/C12H20N6O3/c1-20-7-10-15-9(17-13)5-11(16-10)18-4-3-8(6-18)14-12(19)21-2/h5,8H,3-4,6-7,13H2,1-2H3,(H,14,19)(H,15,16,17). The van der Waals surface area contributed by atoms with Crippen LogP contribution in [0.2, 0.25) is 0 Å². The van der Waals surface area contributed by atoms with E-state index in [9.17, 15) is 4.79 Å². The second-order valence-electron chi connectivity index (χ2n) is 4.67. The molecule has 0 radical (unpaired) electrons. The van der Waals surface area contributed by atoms with Crippen molar-refractivity contribution in [1.29, 1.82) is 0 Å². The number of hydrazine groups is 1. The molecule has 1 aromatic heterocycles. The van der Waals surface area contributed by atoms with Crippen LogP contribution in [0.3, 0.4) is 0 Å². The lowest BCUT2D eigenvalue weighted by Crippen LogP contribution is -2.37. The molecule has 0 aromatic carbocycles. The van der Waals surface area contributed by atoms with Crippen LogP contribution in [0.25, 0.3) is 0 Å². The maximum atomic E-state index is 11.2. The van der Waals surface area contributed by atoms with Crippen LogP contribution in [-0.4, -0.2) is 49.4 Å². The fraction of sp³-hybridized carbons (Fsp3) is 0.583. The highest BCUT2D eigenvalue weighted by atomic mass is 16.5. The lowest BCUT2D eigenvalue weighted by atomic mass is 10.3. The minimum Gasteiger partial charge on any atom is -0.453 e. The zero-order valence-corrected chi connectivity index (χ0v) is 12.1. The van der Waals surface area contributed by atoms with Crippen LogP contribution in [-0.2, 0) is 16.1 Å². The van der Waals surface area contributed by atoms with Crippen LogP contribution in [0.5, 0.6) is 0 Å². The number of nitrogens with two attached hydrogens (primary N) is 1. The molecule has 4 N–H and O–H groups in total. The fourth-order valence-electron chi connectivity index (χ4n) is 2.22. The molecule has 2 rings (SSSR count). The van der Waals surface area contributed by atoms with E-state index >= 15 is 0 Å². The van der Waals surface area contributed by atoms with E-state index < -0.39 is 6.09 Å². The summed E-state index contributed by atoms with van der Waals surface area (Å²) in [6, 6.07) is 1.80. The molecule has 0 spiro atoms. The van der Waals surface area contributed by atoms with Gasteiger partial charge >= 0.3 is 6.09 Å². The number of amides is 1. The van der Waals surface area contributed by atoms with Crippen LogP contribution in [0, 0.1) is 0 Å². The van der Waals surface area contributed by atoms with Gasteiger partial charge < -0.3 is 25.1 Å². The Morgan fingerprint density at radius 2 is 2.33 bits per heavy atom. The summed E-state index contributed by atoms with van der Waals surface area (Å²) in [5.41, 5.74) is 2.52. The van der Waals surface area contributed by atoms with Gasteiger partial charge in [-0.15, -0.1) is 0 Å². The van der Waals surface area contributed by atoms with Crippen molar-refractivity contribution in [3.8, 4) is 0 Å². The number of nitrogens with zero attached hydrogens (tertiary/aromatic N) is 3. The van der Waals surface area contributed by atoms with Crippen LogP contribution in [0.4, 0.5) is 16.4 Å². The first-order chi connectivity index (χ1) is 10.2. The van der Waals surface area contributed by atoms with Gasteiger partial charge in [0.25, 0.3) is 0 Å². The highest BCUT2D eigenvalue weighted by Crippen LogP contribution is 2.21. The molecule has 1 fully saturated rings. The molecule has 0 saturated carbocycles. The third kappa shape index (κ3) is 3.92. The molecule has 1 saturated heterocycles. The minimum absolute atomic E-state index is 0.0348. The summed E-state index contributed by atoms with van der Waals surface area (Å²) < 4.78 is 9.65. The van der Waals surface area contributed by atoms with Gasteiger partial charge in [-0.2, -0.15) is 0 Å². The molecule has 1 amide bonds. The van der Waals surface area contributed by atoms with Crippen molar-refractivity contribution in [3.05, 3.63) is 11.9 Å². The highest BCUT2D eigenvalue weighted by molar-refractivity contribution is 5.67. The number of carbonyl (C=O) groups is 1. The van der Waals surface area contributed by atoms with Crippen LogP contribution < -0.4 is 21.5 Å². The molecular formula is C12H20N6O3. The Balaban J connectivity index is 2.08. The van der Waals surface area contributed by atoms with Gasteiger partial charge in [0.1, 0.15) is 18.2 Å². The lowest BCUT2D eigenvalue weighted by Gasteiger charge is -2.19. The Labute approximate surface area is 122 Å². The van der Waals surface area contributed by atoms with E-state index in [0.29, 0.717) is 24.8 Å². The van der Waals surface area contributed by atoms with Gasteiger partial charge in [0.05, 0.1) is 13.2 Å². The molecular weight excluding hydrogens is 276 g/mol. The first-order valence-electron chi connectivity index (χ1n) is 6.59. The van der Waals surface area contributed by atoms with Crippen LogP contribution >= 0.6 is 0 Å². The number of nitrogens with one attached hydrogen (secondary N) is 2. The smallest absolute Gasteiger partial charge is 0.407 e. The molecule has 0 aliphatic carbocycles. The summed E-state index contributed by atoms with van der Waals surface area (Å²) >= 11 is 0. The Bertz CT molecular complexity index is 498. The summed E-state index contributed by atoms with van der Waals surface area (Å²) in [7, 11) is 2.93. The Kier molecular flexibility index (Phi) is 5.12. The third-order valence-corrected chi connectivity index (χ3v) is 3.20. The molecule has 1 aromatic rings. The third-order valence-electron chi connectivity index (χ3n) is 3.20. The van der Waals surface area contributed by atoms with Gasteiger partial charge in [-0.3, -0.25) is 0 Å². The molecule has 116 valence electrons. The largest absolute Gasteiger partial charge is 0.453 e. The second-order valence-corrected chi connectivity index (χ2v) is 4.67. The van der Waals surface area contributed by atoms with E-state index in [1.165, 1.54) is 7.11 Å². The van der Waals surface area contributed by atoms with Gasteiger partial charge in [0.15, 0.2) is 5.82 Å². The van der Waals surface area contributed by atoms with E-state index in [-0.39, 0.29) is 6.04 Å².